The van der Waals surface area contributed by atoms with Crippen LogP contribution in [0, 0.1) is 0 Å². The number of methoxy groups -OCH3 is 1. The van der Waals surface area contributed by atoms with Crippen LogP contribution >= 0.6 is 0 Å². The van der Waals surface area contributed by atoms with Gasteiger partial charge in [0.25, 0.3) is 0 Å². The van der Waals surface area contributed by atoms with Crippen LogP contribution in [0.5, 0.6) is 5.75 Å². The topological polar surface area (TPSA) is 63.7 Å². The first-order chi connectivity index (χ1) is 17.9. The number of unbranched alkanes of at least 4 members (excludes halogenated alkanes) is 4. The molecular formula is C31H37NO4S. The van der Waals surface area contributed by atoms with Crippen molar-refractivity contribution in [3.63, 3.8) is 0 Å². The van der Waals surface area contributed by atoms with Gasteiger partial charge in [0.15, 0.2) is 9.84 Å². The fourth-order valence-corrected chi connectivity index (χ4v) is 6.78. The zero-order chi connectivity index (χ0) is 26.3. The Morgan fingerprint density at radius 1 is 0.811 bits per heavy atom. The highest BCUT2D eigenvalue weighted by Crippen LogP contribution is 2.48. The SMILES string of the molecule is CCCCCCC[C@@]1(CCS(=O)(=O)c2ccccc2)C(=O)N(Cc2ccc(OC)cc2)c2ccccc21. The smallest absolute Gasteiger partial charge is 0.238 e. The van der Waals surface area contributed by atoms with Gasteiger partial charge in [-0.3, -0.25) is 4.79 Å². The van der Waals surface area contributed by atoms with E-state index in [1.165, 1.54) is 6.42 Å². The molecule has 1 amide bonds. The van der Waals surface area contributed by atoms with Crippen LogP contribution in [0.2, 0.25) is 0 Å². The van der Waals surface area contributed by atoms with Crippen molar-refractivity contribution in [2.24, 2.45) is 0 Å². The number of fused-ring (bicyclic) bond motifs is 1. The van der Waals surface area contributed by atoms with Crippen molar-refractivity contribution in [2.45, 2.75) is 68.7 Å². The van der Waals surface area contributed by atoms with Crippen LogP contribution in [-0.2, 0) is 26.6 Å². The number of para-hydroxylation sites is 1. The van der Waals surface area contributed by atoms with Gasteiger partial charge in [0.1, 0.15) is 5.75 Å². The Morgan fingerprint density at radius 2 is 1.49 bits per heavy atom. The Bertz CT molecular complexity index is 1290. The standard InChI is InChI=1S/C31H37NO4S/c1-3-4-5-6-12-21-31(22-23-37(34,35)27-13-8-7-9-14-27)28-15-10-11-16-29(28)32(30(31)33)24-25-17-19-26(36-2)20-18-25/h7-11,13-20H,3-6,12,21-24H2,1-2H3/t31-/m0/s1. The molecule has 3 aromatic carbocycles. The maximum Gasteiger partial charge on any atom is 0.238 e. The second-order valence-corrected chi connectivity index (χ2v) is 12.0. The van der Waals surface area contributed by atoms with Crippen LogP contribution in [0.4, 0.5) is 5.69 Å². The summed E-state index contributed by atoms with van der Waals surface area (Å²) in [5.41, 5.74) is 1.98. The molecule has 1 aliphatic heterocycles. The summed E-state index contributed by atoms with van der Waals surface area (Å²) in [7, 11) is -1.89. The molecule has 1 heterocycles. The molecule has 1 aliphatic rings. The van der Waals surface area contributed by atoms with Crippen LogP contribution < -0.4 is 9.64 Å². The van der Waals surface area contributed by atoms with Gasteiger partial charge in [-0.1, -0.05) is 87.6 Å². The summed E-state index contributed by atoms with van der Waals surface area (Å²) in [6.45, 7) is 2.62. The highest BCUT2D eigenvalue weighted by molar-refractivity contribution is 7.91. The third-order valence-electron chi connectivity index (χ3n) is 7.47. The van der Waals surface area contributed by atoms with E-state index in [2.05, 4.69) is 6.92 Å². The third kappa shape index (κ3) is 5.90. The minimum Gasteiger partial charge on any atom is -0.497 e. The molecular weight excluding hydrogens is 482 g/mol. The van der Waals surface area contributed by atoms with E-state index in [-0.39, 0.29) is 18.1 Å². The Labute approximate surface area is 221 Å². The summed E-state index contributed by atoms with van der Waals surface area (Å²) in [6, 6.07) is 24.2. The average Bonchev–Trinajstić information content (AvgIpc) is 3.16. The zero-order valence-corrected chi connectivity index (χ0v) is 22.7. The number of nitrogens with zero attached hydrogens (tertiary/aromatic N) is 1. The fourth-order valence-electron chi connectivity index (χ4n) is 5.36. The van der Waals surface area contributed by atoms with Gasteiger partial charge in [-0.25, -0.2) is 8.42 Å². The number of anilines is 1. The van der Waals surface area contributed by atoms with Gasteiger partial charge in [0.05, 0.1) is 29.7 Å². The van der Waals surface area contributed by atoms with E-state index in [1.54, 1.807) is 31.4 Å². The lowest BCUT2D eigenvalue weighted by molar-refractivity contribution is -0.123. The second-order valence-electron chi connectivity index (χ2n) is 9.88. The first-order valence-corrected chi connectivity index (χ1v) is 14.9. The van der Waals surface area contributed by atoms with E-state index < -0.39 is 15.3 Å². The van der Waals surface area contributed by atoms with E-state index in [4.69, 9.17) is 4.74 Å². The van der Waals surface area contributed by atoms with Crippen LogP contribution in [0.15, 0.2) is 83.8 Å². The number of benzene rings is 3. The quantitative estimate of drug-likeness (QED) is 0.236. The number of carbonyl (C=O) groups excluding carboxylic acids is 1. The summed E-state index contributed by atoms with van der Waals surface area (Å²) < 4.78 is 31.8. The molecule has 5 nitrogen and oxygen atoms in total. The number of rotatable bonds is 13. The largest absolute Gasteiger partial charge is 0.497 e. The molecule has 4 rings (SSSR count). The first-order valence-electron chi connectivity index (χ1n) is 13.2. The lowest BCUT2D eigenvalue weighted by Gasteiger charge is -2.29. The number of ether oxygens (including phenoxy) is 1. The van der Waals surface area contributed by atoms with Gasteiger partial charge in [-0.15, -0.1) is 0 Å². The first kappa shape index (κ1) is 26.9. The minimum atomic E-state index is -3.52. The Kier molecular flexibility index (Phi) is 8.70. The van der Waals surface area contributed by atoms with Gasteiger partial charge in [-0.05, 0) is 54.3 Å². The summed E-state index contributed by atoms with van der Waals surface area (Å²) >= 11 is 0. The second kappa shape index (κ2) is 12.0. The molecule has 0 N–H and O–H groups in total. The van der Waals surface area contributed by atoms with E-state index in [1.807, 2.05) is 59.5 Å². The number of amides is 1. The maximum absolute atomic E-state index is 14.3. The van der Waals surface area contributed by atoms with Gasteiger partial charge in [0, 0.05) is 5.69 Å². The molecule has 0 fully saturated rings. The van der Waals surface area contributed by atoms with Crippen LogP contribution in [0.25, 0.3) is 0 Å². The molecule has 3 aromatic rings. The highest BCUT2D eigenvalue weighted by atomic mass is 32.2. The van der Waals surface area contributed by atoms with Crippen molar-refractivity contribution in [1.29, 1.82) is 0 Å². The minimum absolute atomic E-state index is 0.00303. The van der Waals surface area contributed by atoms with Gasteiger partial charge in [0.2, 0.25) is 5.91 Å². The molecule has 0 saturated heterocycles. The van der Waals surface area contributed by atoms with Crippen molar-refractivity contribution < 1.29 is 17.9 Å². The number of carbonyl (C=O) groups is 1. The van der Waals surface area contributed by atoms with Crippen molar-refractivity contribution in [1.82, 2.24) is 0 Å². The molecule has 0 spiro atoms. The van der Waals surface area contributed by atoms with Gasteiger partial charge >= 0.3 is 0 Å². The molecule has 6 heteroatoms. The number of hydrogen-bond acceptors (Lipinski definition) is 4. The molecule has 0 aromatic heterocycles. The summed E-state index contributed by atoms with van der Waals surface area (Å²) in [6.07, 6.45) is 6.29. The zero-order valence-electron chi connectivity index (χ0n) is 21.9. The maximum atomic E-state index is 14.3. The van der Waals surface area contributed by atoms with E-state index >= 15 is 0 Å². The van der Waals surface area contributed by atoms with Crippen LogP contribution in [0.3, 0.4) is 0 Å². The van der Waals surface area contributed by atoms with Crippen molar-refractivity contribution in [2.75, 3.05) is 17.8 Å². The van der Waals surface area contributed by atoms with E-state index in [0.29, 0.717) is 17.9 Å². The van der Waals surface area contributed by atoms with Gasteiger partial charge in [-0.2, -0.15) is 0 Å². The summed E-state index contributed by atoms with van der Waals surface area (Å²) in [5.74, 6) is 0.704. The molecule has 0 unspecified atom stereocenters. The average molecular weight is 520 g/mol. The lowest BCUT2D eigenvalue weighted by atomic mass is 9.75. The van der Waals surface area contributed by atoms with Crippen LogP contribution in [-0.4, -0.2) is 27.2 Å². The molecule has 0 bridgehead atoms. The third-order valence-corrected chi connectivity index (χ3v) is 9.20. The predicted octanol–water partition coefficient (Wildman–Crippen LogP) is 6.70. The molecule has 196 valence electrons. The number of hydrogen-bond donors (Lipinski definition) is 0. The molecule has 1 atom stereocenters. The Balaban J connectivity index is 1.66. The Hall–Kier alpha value is -3.12. The fraction of sp³-hybridized carbons (Fsp3) is 0.387. The molecule has 0 radical (unpaired) electrons. The molecule has 37 heavy (non-hydrogen) atoms. The summed E-state index contributed by atoms with van der Waals surface area (Å²) in [4.78, 5) is 16.4. The predicted molar refractivity (Wildman–Crippen MR) is 149 cm³/mol. The van der Waals surface area contributed by atoms with Gasteiger partial charge < -0.3 is 9.64 Å². The van der Waals surface area contributed by atoms with E-state index in [0.717, 1.165) is 48.2 Å². The van der Waals surface area contributed by atoms with Crippen molar-refractivity contribution in [3.05, 3.63) is 90.0 Å². The number of sulfone groups is 1. The molecule has 0 saturated carbocycles. The summed E-state index contributed by atoms with van der Waals surface area (Å²) in [5, 5.41) is 0. The normalized spacial score (nSPS) is 17.1. The Morgan fingerprint density at radius 3 is 2.19 bits per heavy atom. The van der Waals surface area contributed by atoms with Crippen LogP contribution in [0.1, 0.15) is 63.0 Å². The highest BCUT2D eigenvalue weighted by Gasteiger charge is 2.50. The van der Waals surface area contributed by atoms with Crippen molar-refractivity contribution in [3.8, 4) is 5.75 Å². The monoisotopic (exact) mass is 519 g/mol. The lowest BCUT2D eigenvalue weighted by Crippen LogP contribution is -2.41. The molecule has 0 aliphatic carbocycles. The van der Waals surface area contributed by atoms with E-state index in [9.17, 15) is 13.2 Å². The van der Waals surface area contributed by atoms with Crippen molar-refractivity contribution >= 4 is 21.4 Å².